The van der Waals surface area contributed by atoms with Gasteiger partial charge >= 0.3 is 5.97 Å². The first kappa shape index (κ1) is 12.3. The van der Waals surface area contributed by atoms with E-state index in [0.717, 1.165) is 19.3 Å². The molecule has 1 saturated carbocycles. The number of aliphatic carboxylic acids is 1. The zero-order chi connectivity index (χ0) is 13.0. The average Bonchev–Trinajstić information content (AvgIpc) is 2.40. The van der Waals surface area contributed by atoms with Crippen LogP contribution in [-0.2, 0) is 4.79 Å². The number of carboxylic acids is 1. The summed E-state index contributed by atoms with van der Waals surface area (Å²) in [4.78, 5) is 19.1. The van der Waals surface area contributed by atoms with Gasteiger partial charge in [0.1, 0.15) is 6.07 Å². The Hall–Kier alpha value is -2.16. The summed E-state index contributed by atoms with van der Waals surface area (Å²) in [7, 11) is 0. The van der Waals surface area contributed by atoms with Crippen LogP contribution in [0, 0.1) is 17.2 Å². The second-order valence-corrected chi connectivity index (χ2v) is 4.35. The fourth-order valence-electron chi connectivity index (χ4n) is 2.30. The average molecular weight is 246 g/mol. The molecule has 0 aliphatic heterocycles. The van der Waals surface area contributed by atoms with Crippen molar-refractivity contribution in [1.82, 2.24) is 9.97 Å². The van der Waals surface area contributed by atoms with E-state index in [9.17, 15) is 9.90 Å². The van der Waals surface area contributed by atoms with Gasteiger partial charge in [-0.15, -0.1) is 0 Å². The maximum Gasteiger partial charge on any atom is 0.308 e. The molecule has 0 bridgehead atoms. The molecule has 6 nitrogen and oxygen atoms in total. The third kappa shape index (κ3) is 2.56. The Morgan fingerprint density at radius 3 is 2.83 bits per heavy atom. The summed E-state index contributed by atoms with van der Waals surface area (Å²) in [5, 5.41) is 21.1. The molecule has 1 aliphatic carbocycles. The number of hydrogen-bond acceptors (Lipinski definition) is 5. The van der Waals surface area contributed by atoms with Gasteiger partial charge in [0.2, 0.25) is 0 Å². The fraction of sp³-hybridized carbons (Fsp3) is 0.500. The Morgan fingerprint density at radius 1 is 1.39 bits per heavy atom. The largest absolute Gasteiger partial charge is 0.481 e. The summed E-state index contributed by atoms with van der Waals surface area (Å²) in [5.74, 6) is -0.847. The molecular formula is C12H14N4O2. The number of hydrogen-bond donors (Lipinski definition) is 2. The highest BCUT2D eigenvalue weighted by molar-refractivity contribution is 5.71. The van der Waals surface area contributed by atoms with Crippen molar-refractivity contribution < 1.29 is 9.90 Å². The summed E-state index contributed by atoms with van der Waals surface area (Å²) in [6.45, 7) is 0. The lowest BCUT2D eigenvalue weighted by atomic mass is 9.84. The van der Waals surface area contributed by atoms with E-state index in [0.29, 0.717) is 12.2 Å². The summed E-state index contributed by atoms with van der Waals surface area (Å²) in [5.41, 5.74) is 0.201. The van der Waals surface area contributed by atoms with Crippen LogP contribution in [0.4, 0.5) is 5.82 Å². The first-order valence-electron chi connectivity index (χ1n) is 5.93. The number of carboxylic acid groups (broad SMARTS) is 1. The Balaban J connectivity index is 2.16. The van der Waals surface area contributed by atoms with E-state index in [4.69, 9.17) is 5.26 Å². The summed E-state index contributed by atoms with van der Waals surface area (Å²) >= 11 is 0. The van der Waals surface area contributed by atoms with Gasteiger partial charge in [-0.05, 0) is 12.8 Å². The van der Waals surface area contributed by atoms with E-state index in [-0.39, 0.29) is 11.7 Å². The lowest BCUT2D eigenvalue weighted by Gasteiger charge is -2.29. The van der Waals surface area contributed by atoms with E-state index in [1.165, 1.54) is 12.4 Å². The van der Waals surface area contributed by atoms with Crippen LogP contribution in [0.5, 0.6) is 0 Å². The van der Waals surface area contributed by atoms with Crippen molar-refractivity contribution in [3.63, 3.8) is 0 Å². The highest BCUT2D eigenvalue weighted by Gasteiger charge is 2.31. The highest BCUT2D eigenvalue weighted by atomic mass is 16.4. The van der Waals surface area contributed by atoms with Crippen molar-refractivity contribution in [2.75, 3.05) is 5.32 Å². The second-order valence-electron chi connectivity index (χ2n) is 4.35. The van der Waals surface area contributed by atoms with Crippen molar-refractivity contribution in [2.24, 2.45) is 5.92 Å². The van der Waals surface area contributed by atoms with Crippen molar-refractivity contribution in [3.8, 4) is 6.07 Å². The van der Waals surface area contributed by atoms with Crippen LogP contribution in [0.3, 0.4) is 0 Å². The number of aromatic nitrogens is 2. The van der Waals surface area contributed by atoms with E-state index in [1.807, 2.05) is 6.07 Å². The second kappa shape index (κ2) is 5.45. The van der Waals surface area contributed by atoms with Gasteiger partial charge in [0.05, 0.1) is 5.92 Å². The first-order chi connectivity index (χ1) is 8.72. The Kier molecular flexibility index (Phi) is 3.72. The van der Waals surface area contributed by atoms with Gasteiger partial charge in [0.25, 0.3) is 0 Å². The predicted octanol–water partition coefficient (Wildman–Crippen LogP) is 1.40. The SMILES string of the molecule is N#Cc1nccnc1NC1CCCCC1C(=O)O. The van der Waals surface area contributed by atoms with Crippen LogP contribution in [0.15, 0.2) is 12.4 Å². The molecule has 6 heteroatoms. The van der Waals surface area contributed by atoms with Crippen molar-refractivity contribution in [2.45, 2.75) is 31.7 Å². The fourth-order valence-corrected chi connectivity index (χ4v) is 2.30. The van der Waals surface area contributed by atoms with Crippen LogP contribution in [-0.4, -0.2) is 27.1 Å². The van der Waals surface area contributed by atoms with Gasteiger partial charge in [-0.1, -0.05) is 12.8 Å². The van der Waals surface area contributed by atoms with Gasteiger partial charge in [-0.3, -0.25) is 4.79 Å². The van der Waals surface area contributed by atoms with Crippen molar-refractivity contribution >= 4 is 11.8 Å². The van der Waals surface area contributed by atoms with Gasteiger partial charge in [0.15, 0.2) is 11.5 Å². The molecule has 1 fully saturated rings. The van der Waals surface area contributed by atoms with E-state index < -0.39 is 11.9 Å². The van der Waals surface area contributed by atoms with Crippen LogP contribution in [0.25, 0.3) is 0 Å². The van der Waals surface area contributed by atoms with Gasteiger partial charge in [-0.2, -0.15) is 5.26 Å². The number of nitrogens with zero attached hydrogens (tertiary/aromatic N) is 3. The standard InChI is InChI=1S/C12H14N4O2/c13-7-10-11(15-6-5-14-10)16-9-4-2-1-3-8(9)12(17)18/h5-6,8-9H,1-4H2,(H,15,16)(H,17,18). The Bertz CT molecular complexity index is 483. The van der Waals surface area contributed by atoms with Crippen LogP contribution in [0.2, 0.25) is 0 Å². The number of nitrogens with one attached hydrogen (secondary N) is 1. The van der Waals surface area contributed by atoms with E-state index in [1.54, 1.807) is 0 Å². The molecule has 0 spiro atoms. The molecular weight excluding hydrogens is 232 g/mol. The molecule has 1 aromatic rings. The molecule has 0 aromatic carbocycles. The summed E-state index contributed by atoms with van der Waals surface area (Å²) in [6.07, 6.45) is 6.29. The van der Waals surface area contributed by atoms with Gasteiger partial charge in [0, 0.05) is 18.4 Å². The summed E-state index contributed by atoms with van der Waals surface area (Å²) < 4.78 is 0. The number of nitriles is 1. The molecule has 2 rings (SSSR count). The Labute approximate surface area is 105 Å². The molecule has 2 atom stereocenters. The van der Waals surface area contributed by atoms with E-state index >= 15 is 0 Å². The first-order valence-corrected chi connectivity index (χ1v) is 5.93. The lowest BCUT2D eigenvalue weighted by Crippen LogP contribution is -2.37. The lowest BCUT2D eigenvalue weighted by molar-refractivity contribution is -0.143. The Morgan fingerprint density at radius 2 is 2.11 bits per heavy atom. The number of anilines is 1. The zero-order valence-electron chi connectivity index (χ0n) is 9.83. The normalized spacial score (nSPS) is 23.1. The molecule has 1 aliphatic rings. The minimum absolute atomic E-state index is 0.181. The molecule has 2 unspecified atom stereocenters. The van der Waals surface area contributed by atoms with Crippen molar-refractivity contribution in [3.05, 3.63) is 18.1 Å². The van der Waals surface area contributed by atoms with Gasteiger partial charge in [-0.25, -0.2) is 9.97 Å². The minimum atomic E-state index is -0.797. The van der Waals surface area contributed by atoms with Gasteiger partial charge < -0.3 is 10.4 Å². The molecule has 94 valence electrons. The molecule has 0 amide bonds. The maximum absolute atomic E-state index is 11.2. The molecule has 18 heavy (non-hydrogen) atoms. The number of rotatable bonds is 3. The minimum Gasteiger partial charge on any atom is -0.481 e. The quantitative estimate of drug-likeness (QED) is 0.836. The molecule has 1 heterocycles. The predicted molar refractivity (Wildman–Crippen MR) is 63.8 cm³/mol. The summed E-state index contributed by atoms with van der Waals surface area (Å²) in [6, 6.07) is 1.77. The van der Waals surface area contributed by atoms with Crippen LogP contribution in [0.1, 0.15) is 31.4 Å². The van der Waals surface area contributed by atoms with Crippen LogP contribution >= 0.6 is 0 Å². The third-order valence-corrected chi connectivity index (χ3v) is 3.21. The zero-order valence-corrected chi connectivity index (χ0v) is 9.83. The molecule has 2 N–H and O–H groups in total. The molecule has 0 radical (unpaired) electrons. The third-order valence-electron chi connectivity index (χ3n) is 3.21. The number of carbonyl (C=O) groups is 1. The van der Waals surface area contributed by atoms with Crippen LogP contribution < -0.4 is 5.32 Å². The van der Waals surface area contributed by atoms with E-state index in [2.05, 4.69) is 15.3 Å². The smallest absolute Gasteiger partial charge is 0.308 e. The maximum atomic E-state index is 11.2. The molecule has 1 aromatic heterocycles. The molecule has 0 saturated heterocycles. The monoisotopic (exact) mass is 246 g/mol. The topological polar surface area (TPSA) is 98.9 Å². The highest BCUT2D eigenvalue weighted by Crippen LogP contribution is 2.27. The van der Waals surface area contributed by atoms with Crippen molar-refractivity contribution in [1.29, 1.82) is 5.26 Å².